The Morgan fingerprint density at radius 3 is 2.59 bits per heavy atom. The third-order valence-corrected chi connectivity index (χ3v) is 5.16. The fraction of sp³-hybridized carbons (Fsp3) is 0.588. The standard InChI is InChI=1S/C17H23ClN2O2/c18-14-1-3-15(4-2-14)22-12-5-16(21)20-10-7-17(8-11-20)6-9-19-13-17/h1-4,19H,5-13H2. The summed E-state index contributed by atoms with van der Waals surface area (Å²) in [4.78, 5) is 14.2. The molecule has 0 bridgehead atoms. The number of halogens is 1. The van der Waals surface area contributed by atoms with Gasteiger partial charge >= 0.3 is 0 Å². The summed E-state index contributed by atoms with van der Waals surface area (Å²) in [7, 11) is 0. The number of carbonyl (C=O) groups excluding carboxylic acids is 1. The molecule has 1 aromatic carbocycles. The van der Waals surface area contributed by atoms with E-state index in [4.69, 9.17) is 16.3 Å². The summed E-state index contributed by atoms with van der Waals surface area (Å²) in [6.07, 6.45) is 3.95. The molecule has 2 aliphatic rings. The van der Waals surface area contributed by atoms with Gasteiger partial charge < -0.3 is 15.0 Å². The Hall–Kier alpha value is -1.26. The zero-order chi connectivity index (χ0) is 15.4. The quantitative estimate of drug-likeness (QED) is 0.926. The minimum Gasteiger partial charge on any atom is -0.493 e. The molecule has 2 fully saturated rings. The Morgan fingerprint density at radius 1 is 1.23 bits per heavy atom. The molecule has 1 aromatic rings. The molecule has 120 valence electrons. The molecule has 22 heavy (non-hydrogen) atoms. The first-order valence-electron chi connectivity index (χ1n) is 8.04. The summed E-state index contributed by atoms with van der Waals surface area (Å²) in [5, 5.41) is 4.14. The second-order valence-electron chi connectivity index (χ2n) is 6.36. The molecular formula is C17H23ClN2O2. The van der Waals surface area contributed by atoms with E-state index in [2.05, 4.69) is 5.32 Å². The van der Waals surface area contributed by atoms with Gasteiger partial charge in [0.25, 0.3) is 0 Å². The van der Waals surface area contributed by atoms with Gasteiger partial charge in [0.2, 0.25) is 5.91 Å². The molecular weight excluding hydrogens is 300 g/mol. The summed E-state index contributed by atoms with van der Waals surface area (Å²) in [5.41, 5.74) is 0.455. The van der Waals surface area contributed by atoms with E-state index in [-0.39, 0.29) is 5.91 Å². The molecule has 0 aliphatic carbocycles. The number of hydrogen-bond acceptors (Lipinski definition) is 3. The molecule has 1 amide bonds. The van der Waals surface area contributed by atoms with E-state index in [9.17, 15) is 4.79 Å². The minimum atomic E-state index is 0.203. The van der Waals surface area contributed by atoms with Gasteiger partial charge in [0, 0.05) is 24.7 Å². The van der Waals surface area contributed by atoms with Gasteiger partial charge in [-0.15, -0.1) is 0 Å². The van der Waals surface area contributed by atoms with Crippen LogP contribution < -0.4 is 10.1 Å². The minimum absolute atomic E-state index is 0.203. The summed E-state index contributed by atoms with van der Waals surface area (Å²) in [6.45, 7) is 4.45. The lowest BCUT2D eigenvalue weighted by molar-refractivity contribution is -0.133. The van der Waals surface area contributed by atoms with Crippen molar-refractivity contribution < 1.29 is 9.53 Å². The topological polar surface area (TPSA) is 41.6 Å². The van der Waals surface area contributed by atoms with E-state index in [1.807, 2.05) is 17.0 Å². The zero-order valence-electron chi connectivity index (χ0n) is 12.8. The summed E-state index contributed by atoms with van der Waals surface area (Å²) in [6, 6.07) is 7.23. The highest BCUT2D eigenvalue weighted by Crippen LogP contribution is 2.36. The van der Waals surface area contributed by atoms with Crippen molar-refractivity contribution in [3.8, 4) is 5.75 Å². The first-order chi connectivity index (χ1) is 10.7. The number of ether oxygens (including phenoxy) is 1. The van der Waals surface area contributed by atoms with Gasteiger partial charge in [-0.25, -0.2) is 0 Å². The van der Waals surface area contributed by atoms with Crippen molar-refractivity contribution in [1.82, 2.24) is 10.2 Å². The highest BCUT2D eigenvalue weighted by molar-refractivity contribution is 6.30. The Balaban J connectivity index is 1.40. The maximum atomic E-state index is 12.3. The molecule has 2 saturated heterocycles. The molecule has 3 rings (SSSR count). The second kappa shape index (κ2) is 6.88. The smallest absolute Gasteiger partial charge is 0.225 e. The number of rotatable bonds is 4. The van der Waals surface area contributed by atoms with Gasteiger partial charge in [-0.3, -0.25) is 4.79 Å². The molecule has 0 radical (unpaired) electrons. The van der Waals surface area contributed by atoms with Crippen LogP contribution in [0, 0.1) is 5.41 Å². The predicted octanol–water partition coefficient (Wildman–Crippen LogP) is 2.71. The first-order valence-corrected chi connectivity index (χ1v) is 8.42. The van der Waals surface area contributed by atoms with Crippen LogP contribution >= 0.6 is 11.6 Å². The summed E-state index contributed by atoms with van der Waals surface area (Å²) < 4.78 is 5.60. The molecule has 4 nitrogen and oxygen atoms in total. The number of piperidine rings is 1. The lowest BCUT2D eigenvalue weighted by Crippen LogP contribution is -2.44. The SMILES string of the molecule is O=C(CCOc1ccc(Cl)cc1)N1CCC2(CCNC2)CC1. The van der Waals surface area contributed by atoms with E-state index < -0.39 is 0 Å². The number of amides is 1. The second-order valence-corrected chi connectivity index (χ2v) is 6.80. The average Bonchev–Trinajstić information content (AvgIpc) is 2.98. The summed E-state index contributed by atoms with van der Waals surface area (Å²) in [5.74, 6) is 0.960. The molecule has 0 saturated carbocycles. The van der Waals surface area contributed by atoms with Crippen molar-refractivity contribution in [2.75, 3.05) is 32.8 Å². The predicted molar refractivity (Wildman–Crippen MR) is 87.3 cm³/mol. The molecule has 2 heterocycles. The highest BCUT2D eigenvalue weighted by atomic mass is 35.5. The van der Waals surface area contributed by atoms with E-state index in [0.717, 1.165) is 44.8 Å². The highest BCUT2D eigenvalue weighted by Gasteiger charge is 2.37. The Kier molecular flexibility index (Phi) is 4.89. The van der Waals surface area contributed by atoms with Crippen molar-refractivity contribution in [3.63, 3.8) is 0 Å². The molecule has 0 aromatic heterocycles. The Bertz CT molecular complexity index is 502. The van der Waals surface area contributed by atoms with Crippen molar-refractivity contribution in [3.05, 3.63) is 29.3 Å². The van der Waals surface area contributed by atoms with Gasteiger partial charge in [0.05, 0.1) is 13.0 Å². The monoisotopic (exact) mass is 322 g/mol. The molecule has 0 unspecified atom stereocenters. The number of nitrogens with one attached hydrogen (secondary N) is 1. The van der Waals surface area contributed by atoms with Crippen LogP contribution in [-0.2, 0) is 4.79 Å². The lowest BCUT2D eigenvalue weighted by atomic mass is 9.78. The molecule has 5 heteroatoms. The van der Waals surface area contributed by atoms with E-state index in [1.165, 1.54) is 6.42 Å². The van der Waals surface area contributed by atoms with E-state index >= 15 is 0 Å². The number of hydrogen-bond donors (Lipinski definition) is 1. The molecule has 0 atom stereocenters. The number of carbonyl (C=O) groups is 1. The van der Waals surface area contributed by atoms with Gasteiger partial charge in [0.15, 0.2) is 0 Å². The number of nitrogens with zero attached hydrogens (tertiary/aromatic N) is 1. The van der Waals surface area contributed by atoms with E-state index in [1.54, 1.807) is 12.1 Å². The maximum Gasteiger partial charge on any atom is 0.225 e. The first kappa shape index (κ1) is 15.6. The Morgan fingerprint density at radius 2 is 1.95 bits per heavy atom. The van der Waals surface area contributed by atoms with Crippen molar-refractivity contribution in [2.45, 2.75) is 25.7 Å². The third-order valence-electron chi connectivity index (χ3n) is 4.91. The van der Waals surface area contributed by atoms with E-state index in [0.29, 0.717) is 23.5 Å². The van der Waals surface area contributed by atoms with Crippen molar-refractivity contribution >= 4 is 17.5 Å². The van der Waals surface area contributed by atoms with Crippen molar-refractivity contribution in [2.24, 2.45) is 5.41 Å². The number of likely N-dealkylation sites (tertiary alicyclic amines) is 1. The van der Waals surface area contributed by atoms with Crippen LogP contribution in [0.5, 0.6) is 5.75 Å². The van der Waals surface area contributed by atoms with Gasteiger partial charge in [-0.2, -0.15) is 0 Å². The third kappa shape index (κ3) is 3.73. The molecule has 1 spiro atoms. The van der Waals surface area contributed by atoms with Crippen molar-refractivity contribution in [1.29, 1.82) is 0 Å². The van der Waals surface area contributed by atoms with Gasteiger partial charge in [0.1, 0.15) is 5.75 Å². The normalized spacial score (nSPS) is 20.3. The lowest BCUT2D eigenvalue weighted by Gasteiger charge is -2.38. The van der Waals surface area contributed by atoms with Crippen LogP contribution in [0.3, 0.4) is 0 Å². The summed E-state index contributed by atoms with van der Waals surface area (Å²) >= 11 is 5.83. The zero-order valence-corrected chi connectivity index (χ0v) is 13.6. The maximum absolute atomic E-state index is 12.3. The average molecular weight is 323 g/mol. The van der Waals surface area contributed by atoms with Crippen LogP contribution in [0.25, 0.3) is 0 Å². The fourth-order valence-corrected chi connectivity index (χ4v) is 3.52. The van der Waals surface area contributed by atoms with Gasteiger partial charge in [-0.05, 0) is 55.5 Å². The largest absolute Gasteiger partial charge is 0.493 e. The Labute approximate surface area is 136 Å². The van der Waals surface area contributed by atoms with Crippen LogP contribution in [0.4, 0.5) is 0 Å². The van der Waals surface area contributed by atoms with Crippen LogP contribution in [-0.4, -0.2) is 43.6 Å². The van der Waals surface area contributed by atoms with Gasteiger partial charge in [-0.1, -0.05) is 11.6 Å². The van der Waals surface area contributed by atoms with Crippen LogP contribution in [0.1, 0.15) is 25.7 Å². The fourth-order valence-electron chi connectivity index (χ4n) is 3.40. The molecule has 2 aliphatic heterocycles. The van der Waals surface area contributed by atoms with Crippen LogP contribution in [0.15, 0.2) is 24.3 Å². The number of benzene rings is 1. The molecule has 1 N–H and O–H groups in total. The van der Waals surface area contributed by atoms with Crippen LogP contribution in [0.2, 0.25) is 5.02 Å².